The van der Waals surface area contributed by atoms with Crippen LogP contribution in [-0.4, -0.2) is 50.1 Å². The fraction of sp³-hybridized carbons (Fsp3) is 0.889. The molecule has 82 valence electrons. The first-order chi connectivity index (χ1) is 6.74. The lowest BCUT2D eigenvalue weighted by molar-refractivity contribution is -0.146. The molecule has 1 aliphatic rings. The number of nitrogens with one attached hydrogen (secondary N) is 1. The Balaban J connectivity index is 2.09. The van der Waals surface area contributed by atoms with Crippen LogP contribution < -0.4 is 5.32 Å². The normalized spacial score (nSPS) is 26.4. The molecule has 0 bridgehead atoms. The maximum atomic E-state index is 11.3. The van der Waals surface area contributed by atoms with Gasteiger partial charge in [-0.2, -0.15) is 0 Å². The first-order valence-corrected chi connectivity index (χ1v) is 4.81. The first kappa shape index (κ1) is 11.4. The first-order valence-electron chi connectivity index (χ1n) is 4.81. The van der Waals surface area contributed by atoms with E-state index in [1.54, 1.807) is 7.11 Å². The van der Waals surface area contributed by atoms with Crippen molar-refractivity contribution in [1.29, 1.82) is 0 Å². The third-order valence-corrected chi connectivity index (χ3v) is 2.13. The summed E-state index contributed by atoms with van der Waals surface area (Å²) in [5, 5.41) is 12.1. The molecule has 5 nitrogen and oxygen atoms in total. The van der Waals surface area contributed by atoms with Gasteiger partial charge in [0, 0.05) is 33.1 Å². The second kappa shape index (κ2) is 5.95. The van der Waals surface area contributed by atoms with Gasteiger partial charge in [-0.3, -0.25) is 4.79 Å². The molecule has 0 aliphatic carbocycles. The smallest absolute Gasteiger partial charge is 0.323 e. The number of hydrogen-bond acceptors (Lipinski definition) is 5. The van der Waals surface area contributed by atoms with Gasteiger partial charge in [-0.1, -0.05) is 0 Å². The highest BCUT2D eigenvalue weighted by molar-refractivity contribution is 5.76. The highest BCUT2D eigenvalue weighted by Gasteiger charge is 2.28. The molecule has 1 fully saturated rings. The van der Waals surface area contributed by atoms with Crippen LogP contribution in [0.4, 0.5) is 0 Å². The van der Waals surface area contributed by atoms with Crippen LogP contribution in [-0.2, 0) is 14.3 Å². The van der Waals surface area contributed by atoms with Crippen LogP contribution in [0.3, 0.4) is 0 Å². The third kappa shape index (κ3) is 3.61. The Morgan fingerprint density at radius 1 is 1.57 bits per heavy atom. The van der Waals surface area contributed by atoms with Crippen molar-refractivity contribution in [2.24, 2.45) is 0 Å². The van der Waals surface area contributed by atoms with Crippen molar-refractivity contribution in [3.8, 4) is 0 Å². The molecule has 5 heteroatoms. The molecule has 1 heterocycles. The van der Waals surface area contributed by atoms with E-state index in [1.165, 1.54) is 0 Å². The average Bonchev–Trinajstić information content (AvgIpc) is 2.59. The second-order valence-corrected chi connectivity index (χ2v) is 3.36. The van der Waals surface area contributed by atoms with E-state index in [2.05, 4.69) is 5.32 Å². The van der Waals surface area contributed by atoms with Gasteiger partial charge in [-0.15, -0.1) is 0 Å². The maximum Gasteiger partial charge on any atom is 0.323 e. The zero-order valence-electron chi connectivity index (χ0n) is 8.36. The fourth-order valence-corrected chi connectivity index (χ4v) is 1.37. The van der Waals surface area contributed by atoms with Gasteiger partial charge in [0.2, 0.25) is 0 Å². The predicted octanol–water partition coefficient (Wildman–Crippen LogP) is -0.711. The number of ether oxygens (including phenoxy) is 2. The highest BCUT2D eigenvalue weighted by Crippen LogP contribution is 2.07. The molecule has 0 radical (unpaired) electrons. The number of β-amino-alcohol motifs (C(OH)–C–C–N with tert-alkyl or cyclic N) is 1. The van der Waals surface area contributed by atoms with Crippen molar-refractivity contribution in [3.05, 3.63) is 0 Å². The summed E-state index contributed by atoms with van der Waals surface area (Å²) in [4.78, 5) is 11.3. The van der Waals surface area contributed by atoms with E-state index in [0.717, 1.165) is 0 Å². The largest absolute Gasteiger partial charge is 0.464 e. The van der Waals surface area contributed by atoms with Gasteiger partial charge in [0.15, 0.2) is 0 Å². The van der Waals surface area contributed by atoms with Crippen LogP contribution in [0.25, 0.3) is 0 Å². The van der Waals surface area contributed by atoms with Crippen LogP contribution in [0.5, 0.6) is 0 Å². The highest BCUT2D eigenvalue weighted by atomic mass is 16.5. The van der Waals surface area contributed by atoms with Gasteiger partial charge < -0.3 is 19.9 Å². The summed E-state index contributed by atoms with van der Waals surface area (Å²) < 4.78 is 9.80. The van der Waals surface area contributed by atoms with Crippen molar-refractivity contribution in [2.75, 3.05) is 26.9 Å². The van der Waals surface area contributed by atoms with Crippen LogP contribution >= 0.6 is 0 Å². The van der Waals surface area contributed by atoms with Crippen molar-refractivity contribution < 1.29 is 19.4 Å². The van der Waals surface area contributed by atoms with Gasteiger partial charge in [0.25, 0.3) is 0 Å². The Kier molecular flexibility index (Phi) is 4.86. The van der Waals surface area contributed by atoms with Gasteiger partial charge >= 0.3 is 5.97 Å². The zero-order chi connectivity index (χ0) is 10.4. The summed E-state index contributed by atoms with van der Waals surface area (Å²) in [7, 11) is 1.61. The molecule has 0 spiro atoms. The Hall–Kier alpha value is -0.650. The van der Waals surface area contributed by atoms with Crippen LogP contribution in [0, 0.1) is 0 Å². The van der Waals surface area contributed by atoms with Gasteiger partial charge in [-0.05, 0) is 0 Å². The third-order valence-electron chi connectivity index (χ3n) is 2.13. The molecule has 0 amide bonds. The van der Waals surface area contributed by atoms with E-state index < -0.39 is 6.10 Å². The van der Waals surface area contributed by atoms with Crippen molar-refractivity contribution in [2.45, 2.75) is 25.0 Å². The number of aliphatic hydroxyl groups is 1. The van der Waals surface area contributed by atoms with Crippen molar-refractivity contribution in [3.63, 3.8) is 0 Å². The molecule has 0 saturated carbocycles. The summed E-state index contributed by atoms with van der Waals surface area (Å²) in [6.45, 7) is 1.44. The zero-order valence-corrected chi connectivity index (χ0v) is 8.36. The second-order valence-electron chi connectivity index (χ2n) is 3.36. The van der Waals surface area contributed by atoms with E-state index in [0.29, 0.717) is 32.6 Å². The van der Waals surface area contributed by atoms with Crippen LogP contribution in [0.1, 0.15) is 12.8 Å². The van der Waals surface area contributed by atoms with E-state index in [-0.39, 0.29) is 12.0 Å². The fourth-order valence-electron chi connectivity index (χ4n) is 1.37. The number of carbonyl (C=O) groups is 1. The molecule has 0 aromatic carbocycles. The molecule has 1 aliphatic heterocycles. The summed E-state index contributed by atoms with van der Waals surface area (Å²) in [5.41, 5.74) is 0. The Morgan fingerprint density at radius 2 is 2.36 bits per heavy atom. The molecule has 2 N–H and O–H groups in total. The monoisotopic (exact) mass is 203 g/mol. The summed E-state index contributed by atoms with van der Waals surface area (Å²) in [6.07, 6.45) is 0.729. The molecule has 1 rings (SSSR count). The van der Waals surface area contributed by atoms with E-state index in [4.69, 9.17) is 14.6 Å². The number of rotatable bonds is 5. The molecular formula is C9H17NO4. The standard InChI is InChI=1S/C9H17NO4/c1-13-3-2-4-14-9(12)8-5-7(11)6-10-8/h7-8,10-11H,2-6H2,1H3. The number of aliphatic hydroxyl groups excluding tert-OH is 1. The summed E-state index contributed by atoms with van der Waals surface area (Å²) in [5.74, 6) is -0.280. The number of esters is 1. The lowest BCUT2D eigenvalue weighted by Gasteiger charge is -2.09. The van der Waals surface area contributed by atoms with E-state index >= 15 is 0 Å². The lowest BCUT2D eigenvalue weighted by atomic mass is 10.2. The average molecular weight is 203 g/mol. The Labute approximate surface area is 83.4 Å². The lowest BCUT2D eigenvalue weighted by Crippen LogP contribution is -2.32. The predicted molar refractivity (Wildman–Crippen MR) is 49.9 cm³/mol. The molecule has 0 aromatic rings. The molecule has 2 unspecified atom stereocenters. The maximum absolute atomic E-state index is 11.3. The van der Waals surface area contributed by atoms with Gasteiger partial charge in [0.1, 0.15) is 6.04 Å². The Morgan fingerprint density at radius 3 is 2.93 bits per heavy atom. The Bertz CT molecular complexity index is 186. The minimum atomic E-state index is -0.425. The minimum Gasteiger partial charge on any atom is -0.464 e. The van der Waals surface area contributed by atoms with Gasteiger partial charge in [0.05, 0.1) is 12.7 Å². The summed E-state index contributed by atoms with van der Waals surface area (Å²) >= 11 is 0. The van der Waals surface area contributed by atoms with Crippen molar-refractivity contribution >= 4 is 5.97 Å². The summed E-state index contributed by atoms with van der Waals surface area (Å²) in [6, 6.07) is -0.340. The molecule has 0 aromatic heterocycles. The molecule has 1 saturated heterocycles. The number of methoxy groups -OCH3 is 1. The molecular weight excluding hydrogens is 186 g/mol. The van der Waals surface area contributed by atoms with Crippen molar-refractivity contribution in [1.82, 2.24) is 5.32 Å². The van der Waals surface area contributed by atoms with E-state index in [9.17, 15) is 4.79 Å². The molecule has 14 heavy (non-hydrogen) atoms. The number of carbonyl (C=O) groups excluding carboxylic acids is 1. The van der Waals surface area contributed by atoms with Crippen LogP contribution in [0.2, 0.25) is 0 Å². The minimum absolute atomic E-state index is 0.280. The molecule has 2 atom stereocenters. The van der Waals surface area contributed by atoms with E-state index in [1.807, 2.05) is 0 Å². The quantitative estimate of drug-likeness (QED) is 0.456. The van der Waals surface area contributed by atoms with Crippen LogP contribution in [0.15, 0.2) is 0 Å². The SMILES string of the molecule is COCCCOC(=O)C1CC(O)CN1. The topological polar surface area (TPSA) is 67.8 Å². The number of hydrogen-bond donors (Lipinski definition) is 2. The van der Waals surface area contributed by atoms with Gasteiger partial charge in [-0.25, -0.2) is 0 Å².